The monoisotopic (exact) mass is 462 g/mol. The van der Waals surface area contributed by atoms with Gasteiger partial charge in [-0.2, -0.15) is 0 Å². The van der Waals surface area contributed by atoms with Crippen LogP contribution in [0.3, 0.4) is 0 Å². The number of carbonyl (C=O) groups excluding carboxylic acids is 1. The molecule has 3 aromatic rings. The summed E-state index contributed by atoms with van der Waals surface area (Å²) >= 11 is 0.965. The maximum Gasteiger partial charge on any atom is 0.186 e. The second kappa shape index (κ2) is 9.47. The van der Waals surface area contributed by atoms with Crippen LogP contribution in [0.4, 0.5) is 8.78 Å². The van der Waals surface area contributed by atoms with Gasteiger partial charge in [-0.15, -0.1) is 11.3 Å². The molecule has 1 aliphatic heterocycles. The number of aliphatic hydroxyl groups excluding tert-OH is 3. The SMILES string of the molecule is O=C(Cc1cnccc1[C@H]1C[C@@H](O)[C@H](O)[C@@H](CO)O1)c1csc(-c2c(F)cccc2F)n1. The smallest absolute Gasteiger partial charge is 0.186 e. The molecule has 0 bridgehead atoms. The predicted octanol–water partition coefficient (Wildman–Crippen LogP) is 2.45. The fraction of sp³-hybridized carbons (Fsp3) is 0.318. The van der Waals surface area contributed by atoms with E-state index < -0.39 is 42.7 Å². The Hall–Kier alpha value is -2.63. The Morgan fingerprint density at radius 2 is 1.97 bits per heavy atom. The van der Waals surface area contributed by atoms with E-state index >= 15 is 0 Å². The van der Waals surface area contributed by atoms with Crippen molar-refractivity contribution < 1.29 is 33.6 Å². The van der Waals surface area contributed by atoms with Gasteiger partial charge in [0.15, 0.2) is 5.78 Å². The summed E-state index contributed by atoms with van der Waals surface area (Å²) in [5.74, 6) is -1.91. The number of halogens is 2. The third-order valence-electron chi connectivity index (χ3n) is 5.36. The first-order chi connectivity index (χ1) is 15.4. The minimum atomic E-state index is -1.21. The minimum Gasteiger partial charge on any atom is -0.394 e. The number of carbonyl (C=O) groups is 1. The summed E-state index contributed by atoms with van der Waals surface area (Å²) in [6, 6.07) is 5.15. The second-order valence-corrected chi connectivity index (χ2v) is 8.31. The molecule has 3 N–H and O–H groups in total. The van der Waals surface area contributed by atoms with Crippen LogP contribution < -0.4 is 0 Å². The van der Waals surface area contributed by atoms with Gasteiger partial charge >= 0.3 is 0 Å². The van der Waals surface area contributed by atoms with Crippen LogP contribution in [0.5, 0.6) is 0 Å². The average Bonchev–Trinajstić information content (AvgIpc) is 3.26. The van der Waals surface area contributed by atoms with Gasteiger partial charge in [0.25, 0.3) is 0 Å². The van der Waals surface area contributed by atoms with Crippen molar-refractivity contribution in [2.45, 2.75) is 37.3 Å². The van der Waals surface area contributed by atoms with Crippen LogP contribution in [0.15, 0.2) is 42.0 Å². The van der Waals surface area contributed by atoms with E-state index in [9.17, 15) is 28.9 Å². The van der Waals surface area contributed by atoms with Crippen LogP contribution in [0.1, 0.15) is 34.1 Å². The van der Waals surface area contributed by atoms with Crippen molar-refractivity contribution in [3.63, 3.8) is 0 Å². The van der Waals surface area contributed by atoms with Crippen LogP contribution in [0.25, 0.3) is 10.6 Å². The van der Waals surface area contributed by atoms with Gasteiger partial charge in [0.1, 0.15) is 34.5 Å². The first kappa shape index (κ1) is 22.6. The molecule has 168 valence electrons. The Balaban J connectivity index is 1.56. The quantitative estimate of drug-likeness (QED) is 0.483. The van der Waals surface area contributed by atoms with E-state index in [-0.39, 0.29) is 34.9 Å². The molecule has 10 heteroatoms. The normalized spacial score (nSPS) is 23.3. The van der Waals surface area contributed by atoms with Crippen molar-refractivity contribution >= 4 is 17.1 Å². The number of benzene rings is 1. The molecule has 0 aliphatic carbocycles. The number of rotatable bonds is 6. The Bertz CT molecular complexity index is 1100. The van der Waals surface area contributed by atoms with Gasteiger partial charge in [-0.05, 0) is 29.3 Å². The van der Waals surface area contributed by atoms with Gasteiger partial charge in [-0.3, -0.25) is 9.78 Å². The number of ether oxygens (including phenoxy) is 1. The summed E-state index contributed by atoms with van der Waals surface area (Å²) in [5.41, 5.74) is 0.898. The molecule has 32 heavy (non-hydrogen) atoms. The van der Waals surface area contributed by atoms with Crippen LogP contribution in [-0.4, -0.2) is 56.0 Å². The molecular formula is C22H20F2N2O5S. The highest BCUT2D eigenvalue weighted by atomic mass is 32.1. The van der Waals surface area contributed by atoms with E-state index in [1.54, 1.807) is 6.07 Å². The summed E-state index contributed by atoms with van der Waals surface area (Å²) in [6.07, 6.45) is -0.946. The molecule has 7 nitrogen and oxygen atoms in total. The summed E-state index contributed by atoms with van der Waals surface area (Å²) in [6.45, 7) is -0.470. The van der Waals surface area contributed by atoms with Crippen LogP contribution in [0, 0.1) is 11.6 Å². The third-order valence-corrected chi connectivity index (χ3v) is 6.22. The lowest BCUT2D eigenvalue weighted by Gasteiger charge is -2.37. The standard InChI is InChI=1S/C22H20F2N2O5S/c23-13-2-1-3-14(24)20(13)22-26-15(10-32-22)16(28)6-11-8-25-5-4-12(11)18-7-17(29)21(30)19(9-27)31-18/h1-5,8,10,17-19,21,27,29-30H,6-7,9H2/t17-,18-,19-,21+/m1/s1. The lowest BCUT2D eigenvalue weighted by molar-refractivity contribution is -0.181. The van der Waals surface area contributed by atoms with Crippen LogP contribution in [0.2, 0.25) is 0 Å². The number of thiazole rings is 1. The van der Waals surface area contributed by atoms with Crippen LogP contribution in [-0.2, 0) is 11.2 Å². The molecule has 4 rings (SSSR count). The molecule has 2 aromatic heterocycles. The topological polar surface area (TPSA) is 113 Å². The number of Topliss-reactive ketones (excluding diaryl/α,β-unsaturated/α-hetero) is 1. The van der Waals surface area contributed by atoms with Crippen LogP contribution >= 0.6 is 11.3 Å². The van der Waals surface area contributed by atoms with Gasteiger partial charge in [0.2, 0.25) is 0 Å². The number of hydrogen-bond donors (Lipinski definition) is 3. The lowest BCUT2D eigenvalue weighted by Crippen LogP contribution is -2.47. The molecule has 4 atom stereocenters. The highest BCUT2D eigenvalue weighted by Gasteiger charge is 2.37. The zero-order valence-electron chi connectivity index (χ0n) is 16.7. The second-order valence-electron chi connectivity index (χ2n) is 7.45. The highest BCUT2D eigenvalue weighted by Crippen LogP contribution is 2.34. The Kier molecular flexibility index (Phi) is 6.68. The lowest BCUT2D eigenvalue weighted by atomic mass is 9.91. The van der Waals surface area contributed by atoms with Gasteiger partial charge < -0.3 is 20.1 Å². The molecule has 3 heterocycles. The van der Waals surface area contributed by atoms with E-state index in [4.69, 9.17) is 4.74 Å². The summed E-state index contributed by atoms with van der Waals surface area (Å²) < 4.78 is 33.8. The Labute approximate surface area is 186 Å². The van der Waals surface area contributed by atoms with Crippen molar-refractivity contribution in [1.29, 1.82) is 0 Å². The molecule has 1 saturated heterocycles. The first-order valence-corrected chi connectivity index (χ1v) is 10.7. The number of ketones is 1. The van der Waals surface area contributed by atoms with Gasteiger partial charge in [0.05, 0.1) is 24.4 Å². The van der Waals surface area contributed by atoms with E-state index in [2.05, 4.69) is 9.97 Å². The van der Waals surface area contributed by atoms with E-state index in [0.717, 1.165) is 23.5 Å². The largest absolute Gasteiger partial charge is 0.394 e. The summed E-state index contributed by atoms with van der Waals surface area (Å²) in [7, 11) is 0. The minimum absolute atomic E-state index is 0.0638. The fourth-order valence-electron chi connectivity index (χ4n) is 3.69. The first-order valence-electron chi connectivity index (χ1n) is 9.87. The molecule has 0 saturated carbocycles. The van der Waals surface area contributed by atoms with E-state index in [1.807, 2.05) is 0 Å². The molecule has 1 aliphatic rings. The Morgan fingerprint density at radius 3 is 2.69 bits per heavy atom. The highest BCUT2D eigenvalue weighted by molar-refractivity contribution is 7.13. The predicted molar refractivity (Wildman–Crippen MR) is 111 cm³/mol. The number of aromatic nitrogens is 2. The van der Waals surface area contributed by atoms with Gasteiger partial charge in [0, 0.05) is 30.6 Å². The van der Waals surface area contributed by atoms with E-state index in [0.29, 0.717) is 11.1 Å². The fourth-order valence-corrected chi connectivity index (χ4v) is 4.56. The molecular weight excluding hydrogens is 442 g/mol. The molecule has 0 spiro atoms. The summed E-state index contributed by atoms with van der Waals surface area (Å²) in [5, 5.41) is 31.0. The zero-order chi connectivity index (χ0) is 22.8. The number of hydrogen-bond acceptors (Lipinski definition) is 8. The third kappa shape index (κ3) is 4.45. The van der Waals surface area contributed by atoms with Crippen molar-refractivity contribution in [1.82, 2.24) is 9.97 Å². The van der Waals surface area contributed by atoms with E-state index in [1.165, 1.54) is 23.8 Å². The maximum atomic E-state index is 14.0. The molecule has 0 unspecified atom stereocenters. The summed E-state index contributed by atoms with van der Waals surface area (Å²) in [4.78, 5) is 21.0. The molecule has 1 fully saturated rings. The number of aliphatic hydroxyl groups is 3. The number of nitrogens with zero attached hydrogens (tertiary/aromatic N) is 2. The van der Waals surface area contributed by atoms with Crippen molar-refractivity contribution in [3.05, 3.63) is 70.5 Å². The van der Waals surface area contributed by atoms with Gasteiger partial charge in [-0.1, -0.05) is 6.07 Å². The van der Waals surface area contributed by atoms with Gasteiger partial charge in [-0.25, -0.2) is 13.8 Å². The maximum absolute atomic E-state index is 14.0. The average molecular weight is 462 g/mol. The van der Waals surface area contributed by atoms with Crippen molar-refractivity contribution in [2.75, 3.05) is 6.61 Å². The molecule has 0 radical (unpaired) electrons. The van der Waals surface area contributed by atoms with Crippen molar-refractivity contribution in [3.8, 4) is 10.6 Å². The Morgan fingerprint density at radius 1 is 1.22 bits per heavy atom. The van der Waals surface area contributed by atoms with Crippen molar-refractivity contribution in [2.24, 2.45) is 0 Å². The zero-order valence-corrected chi connectivity index (χ0v) is 17.5. The molecule has 1 aromatic carbocycles. The number of pyridine rings is 1. The molecule has 0 amide bonds.